The fourth-order valence-corrected chi connectivity index (χ4v) is 3.22. The van der Waals surface area contributed by atoms with Crippen LogP contribution in [0.5, 0.6) is 0 Å². The largest absolute Gasteiger partial charge is 0.416 e. The number of allylic oxidation sites excluding steroid dienone is 4. The summed E-state index contributed by atoms with van der Waals surface area (Å²) in [5.74, 6) is 1.24. The summed E-state index contributed by atoms with van der Waals surface area (Å²) in [5.41, 5.74) is 0.399. The molecule has 0 unspecified atom stereocenters. The van der Waals surface area contributed by atoms with E-state index in [4.69, 9.17) is 5.26 Å². The van der Waals surface area contributed by atoms with Crippen molar-refractivity contribution in [1.29, 1.82) is 5.26 Å². The highest BCUT2D eigenvalue weighted by Crippen LogP contribution is 2.33. The van der Waals surface area contributed by atoms with E-state index in [1.165, 1.54) is 18.2 Å². The van der Waals surface area contributed by atoms with Crippen LogP contribution in [-0.4, -0.2) is 0 Å². The molecule has 1 aliphatic carbocycles. The topological polar surface area (TPSA) is 23.8 Å². The number of alkyl halides is 3. The Morgan fingerprint density at radius 2 is 1.71 bits per heavy atom. The maximum Gasteiger partial charge on any atom is 0.416 e. The fraction of sp³-hybridized carbons (Fsp3) is 0.450. The number of nitriles is 1. The summed E-state index contributed by atoms with van der Waals surface area (Å²) in [6, 6.07) is 7.50. The van der Waals surface area contributed by atoms with Crippen LogP contribution in [0.3, 0.4) is 0 Å². The highest BCUT2D eigenvalue weighted by atomic mass is 19.4. The standard InChI is InChI=1S/C20H22F3N/c21-20(22,23)19-13-11-18(12-14-19)10-9-17-7-5-16(6-8-17)4-2-1-3-15-24/h1-4,11-14,16-17H,5-10H2/t16-,17-. The van der Waals surface area contributed by atoms with Gasteiger partial charge in [0.05, 0.1) is 11.6 Å². The minimum absolute atomic E-state index is 0.579. The molecule has 0 amide bonds. The minimum Gasteiger partial charge on any atom is -0.193 e. The van der Waals surface area contributed by atoms with Gasteiger partial charge in [0, 0.05) is 6.08 Å². The maximum atomic E-state index is 12.5. The van der Waals surface area contributed by atoms with E-state index >= 15 is 0 Å². The molecule has 1 saturated carbocycles. The first-order valence-corrected chi connectivity index (χ1v) is 8.38. The Morgan fingerprint density at radius 3 is 2.29 bits per heavy atom. The first-order chi connectivity index (χ1) is 11.5. The molecule has 24 heavy (non-hydrogen) atoms. The Morgan fingerprint density at radius 1 is 1.04 bits per heavy atom. The quantitative estimate of drug-likeness (QED) is 0.473. The highest BCUT2D eigenvalue weighted by molar-refractivity contribution is 5.24. The third kappa shape index (κ3) is 5.88. The highest BCUT2D eigenvalue weighted by Gasteiger charge is 2.29. The smallest absolute Gasteiger partial charge is 0.193 e. The van der Waals surface area contributed by atoms with Gasteiger partial charge in [-0.1, -0.05) is 30.4 Å². The second kappa shape index (κ2) is 8.73. The van der Waals surface area contributed by atoms with E-state index in [0.29, 0.717) is 11.8 Å². The molecular formula is C20H22F3N. The van der Waals surface area contributed by atoms with Gasteiger partial charge >= 0.3 is 6.18 Å². The molecule has 0 radical (unpaired) electrons. The van der Waals surface area contributed by atoms with Gasteiger partial charge in [0.25, 0.3) is 0 Å². The molecule has 1 aliphatic rings. The van der Waals surface area contributed by atoms with Crippen LogP contribution in [0.25, 0.3) is 0 Å². The van der Waals surface area contributed by atoms with Crippen LogP contribution in [0.1, 0.15) is 43.2 Å². The van der Waals surface area contributed by atoms with Crippen molar-refractivity contribution in [2.24, 2.45) is 11.8 Å². The van der Waals surface area contributed by atoms with Crippen molar-refractivity contribution < 1.29 is 13.2 Å². The predicted molar refractivity (Wildman–Crippen MR) is 89.1 cm³/mol. The number of halogens is 3. The van der Waals surface area contributed by atoms with Gasteiger partial charge in [-0.2, -0.15) is 18.4 Å². The molecule has 0 bridgehead atoms. The molecule has 1 nitrogen and oxygen atoms in total. The Labute approximate surface area is 141 Å². The lowest BCUT2D eigenvalue weighted by atomic mass is 9.79. The summed E-state index contributed by atoms with van der Waals surface area (Å²) in [6.07, 6.45) is 9.58. The summed E-state index contributed by atoms with van der Waals surface area (Å²) in [5, 5.41) is 8.42. The Bertz CT molecular complexity index is 597. The molecule has 128 valence electrons. The van der Waals surface area contributed by atoms with E-state index in [1.54, 1.807) is 18.2 Å². The summed E-state index contributed by atoms with van der Waals surface area (Å²) in [4.78, 5) is 0. The zero-order chi connectivity index (χ0) is 17.4. The first-order valence-electron chi connectivity index (χ1n) is 8.38. The summed E-state index contributed by atoms with van der Waals surface area (Å²) >= 11 is 0. The number of hydrogen-bond donors (Lipinski definition) is 0. The van der Waals surface area contributed by atoms with Gasteiger partial charge in [0.1, 0.15) is 0 Å². The summed E-state index contributed by atoms with van der Waals surface area (Å²) < 4.78 is 37.6. The summed E-state index contributed by atoms with van der Waals surface area (Å²) in [6.45, 7) is 0. The van der Waals surface area contributed by atoms with E-state index in [9.17, 15) is 13.2 Å². The molecule has 0 saturated heterocycles. The Balaban J connectivity index is 1.74. The van der Waals surface area contributed by atoms with Gasteiger partial charge in [0.2, 0.25) is 0 Å². The number of aryl methyl sites for hydroxylation is 1. The molecule has 0 aliphatic heterocycles. The van der Waals surface area contributed by atoms with Crippen LogP contribution in [0.2, 0.25) is 0 Å². The molecule has 4 heteroatoms. The molecule has 0 spiro atoms. The second-order valence-electron chi connectivity index (χ2n) is 6.39. The number of benzene rings is 1. The maximum absolute atomic E-state index is 12.5. The van der Waals surface area contributed by atoms with Gasteiger partial charge in [0.15, 0.2) is 0 Å². The number of rotatable bonds is 5. The van der Waals surface area contributed by atoms with Crippen molar-refractivity contribution in [1.82, 2.24) is 0 Å². The normalized spacial score (nSPS) is 22.1. The molecular weight excluding hydrogens is 311 g/mol. The molecule has 1 aromatic rings. The van der Waals surface area contributed by atoms with Crippen LogP contribution in [-0.2, 0) is 12.6 Å². The van der Waals surface area contributed by atoms with Gasteiger partial charge < -0.3 is 0 Å². The zero-order valence-electron chi connectivity index (χ0n) is 13.6. The summed E-state index contributed by atoms with van der Waals surface area (Å²) in [7, 11) is 0. The van der Waals surface area contributed by atoms with Crippen LogP contribution >= 0.6 is 0 Å². The van der Waals surface area contributed by atoms with Crippen molar-refractivity contribution in [3.8, 4) is 6.07 Å². The second-order valence-corrected chi connectivity index (χ2v) is 6.39. The van der Waals surface area contributed by atoms with E-state index < -0.39 is 11.7 Å². The van der Waals surface area contributed by atoms with Crippen molar-refractivity contribution in [2.45, 2.75) is 44.7 Å². The van der Waals surface area contributed by atoms with Crippen molar-refractivity contribution in [3.63, 3.8) is 0 Å². The van der Waals surface area contributed by atoms with Crippen molar-refractivity contribution in [2.75, 3.05) is 0 Å². The number of hydrogen-bond acceptors (Lipinski definition) is 1. The predicted octanol–water partition coefficient (Wildman–Crippen LogP) is 6.08. The van der Waals surface area contributed by atoms with Crippen LogP contribution < -0.4 is 0 Å². The molecule has 1 fully saturated rings. The van der Waals surface area contributed by atoms with E-state index in [-0.39, 0.29) is 0 Å². The van der Waals surface area contributed by atoms with Crippen molar-refractivity contribution in [3.05, 3.63) is 59.7 Å². The SMILES string of the molecule is N#CC=CC=C[C@H]1CC[C@H](CCc2ccc(C(F)(F)F)cc2)CC1. The molecule has 1 aromatic carbocycles. The lowest BCUT2D eigenvalue weighted by molar-refractivity contribution is -0.137. The van der Waals surface area contributed by atoms with Crippen LogP contribution in [0.4, 0.5) is 13.2 Å². The lowest BCUT2D eigenvalue weighted by Crippen LogP contribution is -2.13. The van der Waals surface area contributed by atoms with E-state index in [0.717, 1.165) is 44.1 Å². The monoisotopic (exact) mass is 333 g/mol. The van der Waals surface area contributed by atoms with E-state index in [1.807, 2.05) is 12.1 Å². The fourth-order valence-electron chi connectivity index (χ4n) is 3.22. The zero-order valence-corrected chi connectivity index (χ0v) is 13.6. The van der Waals surface area contributed by atoms with Gasteiger partial charge in [-0.25, -0.2) is 0 Å². The first kappa shape index (κ1) is 18.3. The van der Waals surface area contributed by atoms with E-state index in [2.05, 4.69) is 6.08 Å². The lowest BCUT2D eigenvalue weighted by Gasteiger charge is -2.26. The van der Waals surface area contributed by atoms with Gasteiger partial charge in [-0.3, -0.25) is 0 Å². The molecule has 0 atom stereocenters. The van der Waals surface area contributed by atoms with Crippen molar-refractivity contribution >= 4 is 0 Å². The average molecular weight is 333 g/mol. The third-order valence-corrected chi connectivity index (χ3v) is 4.68. The molecule has 2 rings (SSSR count). The Hall–Kier alpha value is -2.02. The Kier molecular flexibility index (Phi) is 6.66. The molecule has 0 N–H and O–H groups in total. The van der Waals surface area contributed by atoms with Gasteiger partial charge in [-0.05, 0) is 68.1 Å². The number of nitrogens with zero attached hydrogens (tertiary/aromatic N) is 1. The van der Waals surface area contributed by atoms with Gasteiger partial charge in [-0.15, -0.1) is 0 Å². The van der Waals surface area contributed by atoms with Crippen LogP contribution in [0.15, 0.2) is 48.6 Å². The minimum atomic E-state index is -4.26. The molecule has 0 aromatic heterocycles. The third-order valence-electron chi connectivity index (χ3n) is 4.68. The average Bonchev–Trinajstić information content (AvgIpc) is 2.57. The molecule has 0 heterocycles. The van der Waals surface area contributed by atoms with Crippen LogP contribution in [0, 0.1) is 23.2 Å².